The van der Waals surface area contributed by atoms with E-state index in [1.54, 1.807) is 0 Å². The minimum absolute atomic E-state index is 0.545. The zero-order chi connectivity index (χ0) is 14.1. The predicted octanol–water partition coefficient (Wildman–Crippen LogP) is 3.46. The molecule has 0 aromatic carbocycles. The highest BCUT2D eigenvalue weighted by Gasteiger charge is 2.28. The quantitative estimate of drug-likeness (QED) is 0.922. The summed E-state index contributed by atoms with van der Waals surface area (Å²) in [5, 5.41) is 3.36. The Hall–Kier alpha value is -1.97. The van der Waals surface area contributed by atoms with Crippen molar-refractivity contribution < 1.29 is 0 Å². The highest BCUT2D eigenvalue weighted by Crippen LogP contribution is 2.40. The van der Waals surface area contributed by atoms with E-state index in [0.29, 0.717) is 5.92 Å². The van der Waals surface area contributed by atoms with Gasteiger partial charge in [0.05, 0.1) is 5.69 Å². The molecule has 0 saturated heterocycles. The summed E-state index contributed by atoms with van der Waals surface area (Å²) in [6.07, 6.45) is 6.14. The Bertz CT molecular complexity index is 632. The van der Waals surface area contributed by atoms with Crippen molar-refractivity contribution >= 4 is 5.82 Å². The Morgan fingerprint density at radius 2 is 2.05 bits per heavy atom. The molecule has 4 heteroatoms. The second kappa shape index (κ2) is 5.19. The molecule has 0 bridgehead atoms. The van der Waals surface area contributed by atoms with Gasteiger partial charge >= 0.3 is 0 Å². The lowest BCUT2D eigenvalue weighted by Crippen LogP contribution is -2.08. The van der Waals surface area contributed by atoms with Crippen LogP contribution in [-0.2, 0) is 0 Å². The number of nitrogens with zero attached hydrogens (tertiary/aromatic N) is 3. The van der Waals surface area contributed by atoms with Gasteiger partial charge in [-0.25, -0.2) is 9.97 Å². The molecule has 104 valence electrons. The molecule has 0 spiro atoms. The van der Waals surface area contributed by atoms with Crippen LogP contribution in [0.3, 0.4) is 0 Å². The molecule has 3 rings (SSSR count). The van der Waals surface area contributed by atoms with E-state index in [0.717, 1.165) is 35.0 Å². The highest BCUT2D eigenvalue weighted by molar-refractivity contribution is 5.70. The first-order valence-electron chi connectivity index (χ1n) is 7.24. The van der Waals surface area contributed by atoms with E-state index < -0.39 is 0 Å². The molecule has 2 heterocycles. The molecule has 0 unspecified atom stereocenters. The van der Waals surface area contributed by atoms with Crippen molar-refractivity contribution in [2.45, 2.75) is 39.5 Å². The molecule has 1 saturated carbocycles. The lowest BCUT2D eigenvalue weighted by Gasteiger charge is -2.14. The summed E-state index contributed by atoms with van der Waals surface area (Å²) in [6, 6.07) is 2.03. The van der Waals surface area contributed by atoms with Crippen molar-refractivity contribution in [3.8, 4) is 11.3 Å². The van der Waals surface area contributed by atoms with Crippen LogP contribution < -0.4 is 5.32 Å². The largest absolute Gasteiger partial charge is 0.370 e. The molecule has 0 aliphatic heterocycles. The maximum absolute atomic E-state index is 4.82. The summed E-state index contributed by atoms with van der Waals surface area (Å²) in [5.74, 6) is 2.48. The Morgan fingerprint density at radius 1 is 1.25 bits per heavy atom. The Labute approximate surface area is 119 Å². The van der Waals surface area contributed by atoms with Crippen molar-refractivity contribution in [2.24, 2.45) is 0 Å². The van der Waals surface area contributed by atoms with Gasteiger partial charge in [-0.05, 0) is 45.2 Å². The van der Waals surface area contributed by atoms with Crippen molar-refractivity contribution in [3.63, 3.8) is 0 Å². The van der Waals surface area contributed by atoms with Gasteiger partial charge in [-0.2, -0.15) is 0 Å². The molecule has 1 N–H and O–H groups in total. The number of aromatic nitrogens is 3. The predicted molar refractivity (Wildman–Crippen MR) is 80.9 cm³/mol. The fourth-order valence-corrected chi connectivity index (χ4v) is 2.37. The molecule has 0 radical (unpaired) electrons. The summed E-state index contributed by atoms with van der Waals surface area (Å²) < 4.78 is 0. The normalized spacial score (nSPS) is 14.3. The molecule has 2 aromatic heterocycles. The average Bonchev–Trinajstić information content (AvgIpc) is 3.27. The third-order valence-electron chi connectivity index (χ3n) is 3.74. The monoisotopic (exact) mass is 268 g/mol. The van der Waals surface area contributed by atoms with Crippen LogP contribution in [0.2, 0.25) is 0 Å². The number of hydrogen-bond donors (Lipinski definition) is 1. The fraction of sp³-hybridized carbons (Fsp3) is 0.438. The lowest BCUT2D eigenvalue weighted by molar-refractivity contribution is 0.917. The molecule has 4 nitrogen and oxygen atoms in total. The first-order valence-corrected chi connectivity index (χ1v) is 7.24. The van der Waals surface area contributed by atoms with Crippen LogP contribution in [-0.4, -0.2) is 21.5 Å². The minimum Gasteiger partial charge on any atom is -0.370 e. The number of hydrogen-bond acceptors (Lipinski definition) is 4. The second-order valence-corrected chi connectivity index (χ2v) is 5.40. The zero-order valence-corrected chi connectivity index (χ0v) is 12.3. The molecular weight excluding hydrogens is 248 g/mol. The zero-order valence-electron chi connectivity index (χ0n) is 12.3. The smallest absolute Gasteiger partial charge is 0.134 e. The molecule has 0 atom stereocenters. The van der Waals surface area contributed by atoms with Gasteiger partial charge in [0.15, 0.2) is 0 Å². The van der Waals surface area contributed by atoms with Crippen LogP contribution in [0, 0.1) is 13.8 Å². The molecule has 1 aliphatic rings. The first kappa shape index (κ1) is 13.0. The van der Waals surface area contributed by atoms with Crippen molar-refractivity contribution in [1.82, 2.24) is 15.0 Å². The van der Waals surface area contributed by atoms with Crippen molar-refractivity contribution in [1.29, 1.82) is 0 Å². The lowest BCUT2D eigenvalue weighted by atomic mass is 10.0. The van der Waals surface area contributed by atoms with E-state index in [2.05, 4.69) is 31.1 Å². The van der Waals surface area contributed by atoms with Crippen LogP contribution in [0.25, 0.3) is 11.3 Å². The summed E-state index contributed by atoms with van der Waals surface area (Å²) in [7, 11) is 0. The van der Waals surface area contributed by atoms with Gasteiger partial charge in [-0.15, -0.1) is 0 Å². The molecule has 20 heavy (non-hydrogen) atoms. The van der Waals surface area contributed by atoms with Gasteiger partial charge in [0.1, 0.15) is 11.6 Å². The SMILES string of the molecule is CCNc1nc(C2CC2)nc(-c2cnccc2C)c1C. The summed E-state index contributed by atoms with van der Waals surface area (Å²) >= 11 is 0. The average molecular weight is 268 g/mol. The van der Waals surface area contributed by atoms with Crippen LogP contribution in [0.5, 0.6) is 0 Å². The number of anilines is 1. The second-order valence-electron chi connectivity index (χ2n) is 5.40. The summed E-state index contributed by atoms with van der Waals surface area (Å²) in [5.41, 5.74) is 4.43. The fourth-order valence-electron chi connectivity index (χ4n) is 2.37. The molecular formula is C16H20N4. The number of aryl methyl sites for hydroxylation is 1. The van der Waals surface area contributed by atoms with E-state index in [9.17, 15) is 0 Å². The third kappa shape index (κ3) is 2.38. The van der Waals surface area contributed by atoms with Gasteiger partial charge < -0.3 is 5.32 Å². The Balaban J connectivity index is 2.15. The molecule has 2 aromatic rings. The standard InChI is InChI=1S/C16H20N4/c1-4-18-15-11(3)14(13-9-17-8-7-10(13)2)19-16(20-15)12-5-6-12/h7-9,12H,4-6H2,1-3H3,(H,18,19,20). The van der Waals surface area contributed by atoms with Gasteiger partial charge in [-0.3, -0.25) is 4.98 Å². The van der Waals surface area contributed by atoms with Crippen molar-refractivity contribution in [3.05, 3.63) is 35.4 Å². The molecule has 1 aliphatic carbocycles. The number of nitrogens with one attached hydrogen (secondary N) is 1. The third-order valence-corrected chi connectivity index (χ3v) is 3.74. The minimum atomic E-state index is 0.545. The van der Waals surface area contributed by atoms with Gasteiger partial charge in [0.25, 0.3) is 0 Å². The maximum Gasteiger partial charge on any atom is 0.134 e. The van der Waals surface area contributed by atoms with E-state index in [4.69, 9.17) is 9.97 Å². The topological polar surface area (TPSA) is 50.7 Å². The van der Waals surface area contributed by atoms with E-state index in [1.165, 1.54) is 18.4 Å². The van der Waals surface area contributed by atoms with E-state index >= 15 is 0 Å². The number of pyridine rings is 1. The Kier molecular flexibility index (Phi) is 3.38. The summed E-state index contributed by atoms with van der Waals surface area (Å²) in [4.78, 5) is 13.8. The van der Waals surface area contributed by atoms with Gasteiger partial charge in [0.2, 0.25) is 0 Å². The maximum atomic E-state index is 4.82. The summed E-state index contributed by atoms with van der Waals surface area (Å²) in [6.45, 7) is 7.14. The van der Waals surface area contributed by atoms with Crippen LogP contribution in [0.4, 0.5) is 5.82 Å². The van der Waals surface area contributed by atoms with Crippen LogP contribution in [0.15, 0.2) is 18.5 Å². The van der Waals surface area contributed by atoms with Crippen LogP contribution >= 0.6 is 0 Å². The van der Waals surface area contributed by atoms with Gasteiger partial charge in [0, 0.05) is 36.0 Å². The highest BCUT2D eigenvalue weighted by atomic mass is 15.0. The number of rotatable bonds is 4. The van der Waals surface area contributed by atoms with E-state index in [-0.39, 0.29) is 0 Å². The first-order chi connectivity index (χ1) is 9.70. The van der Waals surface area contributed by atoms with E-state index in [1.807, 2.05) is 18.5 Å². The Morgan fingerprint density at radius 3 is 2.70 bits per heavy atom. The molecule has 0 amide bonds. The molecule has 1 fully saturated rings. The van der Waals surface area contributed by atoms with Gasteiger partial charge in [-0.1, -0.05) is 0 Å². The van der Waals surface area contributed by atoms with Crippen LogP contribution in [0.1, 0.15) is 42.6 Å². The van der Waals surface area contributed by atoms with Crippen molar-refractivity contribution in [2.75, 3.05) is 11.9 Å².